The van der Waals surface area contributed by atoms with E-state index in [0.29, 0.717) is 0 Å². The average molecular weight is 334 g/mol. The van der Waals surface area contributed by atoms with Crippen LogP contribution in [0.3, 0.4) is 0 Å². The molecule has 0 radical (unpaired) electrons. The molecule has 1 aliphatic rings. The topological polar surface area (TPSA) is 110 Å². The second-order valence-electron chi connectivity index (χ2n) is 4.14. The summed E-state index contributed by atoms with van der Waals surface area (Å²) >= 11 is 0. The van der Waals surface area contributed by atoms with Gasteiger partial charge in [-0.1, -0.05) is 0 Å². The van der Waals surface area contributed by atoms with E-state index in [-0.39, 0.29) is 64.3 Å². The van der Waals surface area contributed by atoms with Crippen LogP contribution in [0.1, 0.15) is 13.8 Å². The van der Waals surface area contributed by atoms with Crippen molar-refractivity contribution >= 4 is 5.91 Å². The molecule has 1 saturated heterocycles. The Bertz CT molecular complexity index is 277. The summed E-state index contributed by atoms with van der Waals surface area (Å²) in [7, 11) is 1.26. The van der Waals surface area contributed by atoms with Crippen LogP contribution in [0.2, 0.25) is 0 Å². The van der Waals surface area contributed by atoms with Gasteiger partial charge in [0, 0.05) is 0 Å². The SMILES string of the molecule is C[N-]C(=O)C1OC(OC(C)C)C(O)C(O)C1O.[Rb+]. The Balaban J connectivity index is 0.00000289. The van der Waals surface area contributed by atoms with Gasteiger partial charge in [-0.25, -0.2) is 0 Å². The summed E-state index contributed by atoms with van der Waals surface area (Å²) in [5.74, 6) is -0.708. The summed E-state index contributed by atoms with van der Waals surface area (Å²) in [4.78, 5) is 11.4. The number of aliphatic hydroxyl groups is 3. The number of hydrogen-bond donors (Lipinski definition) is 3. The molecule has 1 rings (SSSR count). The number of amides is 1. The van der Waals surface area contributed by atoms with Gasteiger partial charge in [0.05, 0.1) is 12.0 Å². The van der Waals surface area contributed by atoms with Gasteiger partial charge in [0.25, 0.3) is 0 Å². The van der Waals surface area contributed by atoms with E-state index in [1.807, 2.05) is 0 Å². The van der Waals surface area contributed by atoms with Crippen LogP contribution < -0.4 is 58.2 Å². The van der Waals surface area contributed by atoms with Gasteiger partial charge in [-0.3, -0.25) is 0 Å². The molecule has 0 aromatic rings. The van der Waals surface area contributed by atoms with E-state index in [2.05, 4.69) is 5.32 Å². The summed E-state index contributed by atoms with van der Waals surface area (Å²) in [6.45, 7) is 3.43. The zero-order valence-electron chi connectivity index (χ0n) is 11.0. The minimum atomic E-state index is -1.52. The van der Waals surface area contributed by atoms with Crippen LogP contribution in [-0.4, -0.2) is 65.1 Å². The molecular formula is C10H18NO6Rb. The molecule has 8 heteroatoms. The molecule has 0 aromatic heterocycles. The van der Waals surface area contributed by atoms with Crippen molar-refractivity contribution in [1.82, 2.24) is 0 Å². The zero-order valence-corrected chi connectivity index (χ0v) is 15.9. The quantitative estimate of drug-likeness (QED) is 0.482. The number of hydrogen-bond acceptors (Lipinski definition) is 6. The Kier molecular flexibility index (Phi) is 8.88. The number of carbonyl (C=O) groups excluding carboxylic acids is 1. The number of likely N-dealkylation sites (N-methyl/N-ethyl adjacent to an activating group) is 1. The third-order valence-corrected chi connectivity index (χ3v) is 2.44. The Morgan fingerprint density at radius 1 is 1.22 bits per heavy atom. The molecule has 5 unspecified atom stereocenters. The summed E-state index contributed by atoms with van der Waals surface area (Å²) < 4.78 is 10.3. The Morgan fingerprint density at radius 3 is 2.22 bits per heavy atom. The van der Waals surface area contributed by atoms with Gasteiger partial charge in [0.2, 0.25) is 0 Å². The molecule has 5 atom stereocenters. The molecule has 3 N–H and O–H groups in total. The van der Waals surface area contributed by atoms with Crippen LogP contribution in [-0.2, 0) is 14.3 Å². The van der Waals surface area contributed by atoms with Gasteiger partial charge in [0.1, 0.15) is 24.4 Å². The predicted octanol–water partition coefficient (Wildman–Crippen LogP) is -4.25. The maximum Gasteiger partial charge on any atom is 1.00 e. The van der Waals surface area contributed by atoms with Crippen LogP contribution in [0.15, 0.2) is 0 Å². The molecule has 0 spiro atoms. The van der Waals surface area contributed by atoms with E-state index in [9.17, 15) is 20.1 Å². The fraction of sp³-hybridized carbons (Fsp3) is 0.900. The molecule has 18 heavy (non-hydrogen) atoms. The summed E-state index contributed by atoms with van der Waals surface area (Å²) in [6, 6.07) is 0. The van der Waals surface area contributed by atoms with E-state index in [1.54, 1.807) is 13.8 Å². The Labute approximate surface area is 155 Å². The summed E-state index contributed by atoms with van der Waals surface area (Å²) in [6.07, 6.45) is -7.18. The summed E-state index contributed by atoms with van der Waals surface area (Å²) in [5, 5.41) is 32.2. The van der Waals surface area contributed by atoms with Gasteiger partial charge in [0.15, 0.2) is 6.29 Å². The number of carbonyl (C=O) groups is 1. The molecule has 0 aliphatic carbocycles. The van der Waals surface area contributed by atoms with Crippen LogP contribution in [0, 0.1) is 0 Å². The molecule has 1 amide bonds. The number of nitrogens with zero attached hydrogens (tertiary/aromatic N) is 1. The van der Waals surface area contributed by atoms with Crippen LogP contribution in [0.5, 0.6) is 0 Å². The van der Waals surface area contributed by atoms with E-state index in [1.165, 1.54) is 7.05 Å². The van der Waals surface area contributed by atoms with Crippen LogP contribution in [0.4, 0.5) is 0 Å². The fourth-order valence-corrected chi connectivity index (χ4v) is 1.56. The first-order chi connectivity index (χ1) is 7.88. The molecule has 1 aliphatic heterocycles. The van der Waals surface area contributed by atoms with Crippen molar-refractivity contribution in [2.75, 3.05) is 7.05 Å². The number of rotatable bonds is 3. The normalized spacial score (nSPS) is 36.1. The maximum atomic E-state index is 11.4. The average Bonchev–Trinajstić information content (AvgIpc) is 2.28. The van der Waals surface area contributed by atoms with E-state index in [4.69, 9.17) is 9.47 Å². The standard InChI is InChI=1S/C10H19NO6.Rb/c1-4(2)16-10-7(14)5(12)6(13)8(17-10)9(15)11-3;/h4-8,10,12-14H,1-3H3,(H,11,15);/q;+1/p-1. The van der Waals surface area contributed by atoms with Gasteiger partial charge >= 0.3 is 58.2 Å². The fourth-order valence-electron chi connectivity index (χ4n) is 1.56. The van der Waals surface area contributed by atoms with Crippen molar-refractivity contribution in [2.45, 2.75) is 50.7 Å². The molecule has 100 valence electrons. The van der Waals surface area contributed by atoms with Gasteiger partial charge < -0.3 is 34.9 Å². The van der Waals surface area contributed by atoms with Crippen molar-refractivity contribution in [3.05, 3.63) is 5.32 Å². The Morgan fingerprint density at radius 2 is 1.78 bits per heavy atom. The van der Waals surface area contributed by atoms with Crippen LogP contribution >= 0.6 is 0 Å². The first kappa shape index (κ1) is 19.1. The number of ether oxygens (including phenoxy) is 2. The molecular weight excluding hydrogens is 316 g/mol. The largest absolute Gasteiger partial charge is 1.00 e. The molecule has 1 fully saturated rings. The zero-order chi connectivity index (χ0) is 13.2. The molecule has 0 bridgehead atoms. The Hall–Kier alpha value is 1.08. The monoisotopic (exact) mass is 333 g/mol. The molecule has 7 nitrogen and oxygen atoms in total. The van der Waals surface area contributed by atoms with Gasteiger partial charge in [-0.2, -0.15) is 0 Å². The first-order valence-electron chi connectivity index (χ1n) is 5.37. The van der Waals surface area contributed by atoms with Crippen LogP contribution in [0.25, 0.3) is 5.32 Å². The minimum Gasteiger partial charge on any atom is -0.654 e. The van der Waals surface area contributed by atoms with Crippen molar-refractivity contribution in [2.24, 2.45) is 0 Å². The molecule has 1 heterocycles. The predicted molar refractivity (Wildman–Crippen MR) is 57.2 cm³/mol. The smallest absolute Gasteiger partial charge is 0.654 e. The third-order valence-electron chi connectivity index (χ3n) is 2.44. The van der Waals surface area contributed by atoms with E-state index in [0.717, 1.165) is 0 Å². The second kappa shape index (κ2) is 8.38. The van der Waals surface area contributed by atoms with Crippen molar-refractivity contribution in [3.8, 4) is 0 Å². The summed E-state index contributed by atoms with van der Waals surface area (Å²) in [5.41, 5.74) is 0. The number of aliphatic hydroxyl groups excluding tert-OH is 3. The molecule has 0 saturated carbocycles. The van der Waals surface area contributed by atoms with Crippen molar-refractivity contribution < 1.29 is 87.8 Å². The minimum absolute atomic E-state index is 0. The van der Waals surface area contributed by atoms with E-state index < -0.39 is 36.6 Å². The first-order valence-corrected chi connectivity index (χ1v) is 5.37. The van der Waals surface area contributed by atoms with Crippen molar-refractivity contribution in [3.63, 3.8) is 0 Å². The third kappa shape index (κ3) is 4.57. The second-order valence-corrected chi connectivity index (χ2v) is 4.14. The van der Waals surface area contributed by atoms with E-state index >= 15 is 0 Å². The maximum absolute atomic E-state index is 11.4. The van der Waals surface area contributed by atoms with Gasteiger partial charge in [-0.05, 0) is 13.8 Å². The van der Waals surface area contributed by atoms with Gasteiger partial charge in [-0.15, -0.1) is 7.05 Å². The van der Waals surface area contributed by atoms with Crippen molar-refractivity contribution in [1.29, 1.82) is 0 Å². The molecule has 0 aromatic carbocycles.